The number of halogens is 1. The van der Waals surface area contributed by atoms with Gasteiger partial charge in [-0.3, -0.25) is 4.98 Å². The average Bonchev–Trinajstić information content (AvgIpc) is 2.76. The average molecular weight is 226 g/mol. The summed E-state index contributed by atoms with van der Waals surface area (Å²) in [5.74, 6) is -0.178. The number of fused-ring (bicyclic) bond motifs is 1. The Labute approximate surface area is 98.3 Å². The topological polar surface area (TPSA) is 17.8 Å². The summed E-state index contributed by atoms with van der Waals surface area (Å²) in [5.41, 5.74) is 1.87. The second-order valence-electron chi connectivity index (χ2n) is 3.94. The molecule has 0 saturated carbocycles. The first kappa shape index (κ1) is 10.0. The third-order valence-corrected chi connectivity index (χ3v) is 2.82. The summed E-state index contributed by atoms with van der Waals surface area (Å²) >= 11 is 0. The van der Waals surface area contributed by atoms with Crippen molar-refractivity contribution in [1.82, 2.24) is 9.55 Å². The van der Waals surface area contributed by atoms with E-state index in [1.807, 2.05) is 35.0 Å². The van der Waals surface area contributed by atoms with Crippen LogP contribution in [-0.4, -0.2) is 9.55 Å². The quantitative estimate of drug-likeness (QED) is 0.656. The Morgan fingerprint density at radius 2 is 2.00 bits per heavy atom. The van der Waals surface area contributed by atoms with E-state index in [1.165, 1.54) is 6.07 Å². The number of benzene rings is 1. The summed E-state index contributed by atoms with van der Waals surface area (Å²) < 4.78 is 15.5. The van der Waals surface area contributed by atoms with Crippen LogP contribution in [0.15, 0.2) is 54.9 Å². The van der Waals surface area contributed by atoms with E-state index in [4.69, 9.17) is 0 Å². The molecule has 2 aromatic heterocycles. The van der Waals surface area contributed by atoms with Crippen LogP contribution in [-0.2, 0) is 6.54 Å². The van der Waals surface area contributed by atoms with E-state index in [2.05, 4.69) is 4.98 Å². The Kier molecular flexibility index (Phi) is 2.37. The molecule has 3 rings (SSSR count). The molecule has 0 aliphatic rings. The lowest BCUT2D eigenvalue weighted by atomic mass is 10.2. The molecule has 0 saturated heterocycles. The lowest BCUT2D eigenvalue weighted by Gasteiger charge is -2.04. The minimum Gasteiger partial charge on any atom is -0.341 e. The van der Waals surface area contributed by atoms with Gasteiger partial charge in [0.2, 0.25) is 0 Å². The van der Waals surface area contributed by atoms with Crippen LogP contribution < -0.4 is 0 Å². The second-order valence-corrected chi connectivity index (χ2v) is 3.94. The van der Waals surface area contributed by atoms with Crippen LogP contribution in [0.25, 0.3) is 10.9 Å². The van der Waals surface area contributed by atoms with E-state index in [1.54, 1.807) is 18.3 Å². The van der Waals surface area contributed by atoms with Gasteiger partial charge >= 0.3 is 0 Å². The summed E-state index contributed by atoms with van der Waals surface area (Å²) in [5, 5.41) is 0.656. The largest absolute Gasteiger partial charge is 0.341 e. The van der Waals surface area contributed by atoms with Gasteiger partial charge < -0.3 is 4.57 Å². The fraction of sp³-hybridized carbons (Fsp3) is 0.0714. The van der Waals surface area contributed by atoms with Crippen molar-refractivity contribution in [2.24, 2.45) is 0 Å². The minimum atomic E-state index is -0.178. The molecular formula is C14H11FN2. The number of hydrogen-bond donors (Lipinski definition) is 0. The molecule has 2 nitrogen and oxygen atoms in total. The summed E-state index contributed by atoms with van der Waals surface area (Å²) in [4.78, 5) is 4.27. The summed E-state index contributed by atoms with van der Waals surface area (Å²) in [7, 11) is 0. The number of nitrogens with zero attached hydrogens (tertiary/aromatic N) is 2. The fourth-order valence-corrected chi connectivity index (χ4v) is 1.99. The van der Waals surface area contributed by atoms with Gasteiger partial charge in [0.05, 0.1) is 17.8 Å². The molecule has 0 radical (unpaired) electrons. The highest BCUT2D eigenvalue weighted by atomic mass is 19.1. The molecule has 3 heteroatoms. The predicted octanol–water partition coefficient (Wildman–Crippen LogP) is 3.22. The molecule has 2 heterocycles. The molecule has 0 aliphatic heterocycles. The molecule has 84 valence electrons. The van der Waals surface area contributed by atoms with Crippen molar-refractivity contribution < 1.29 is 4.39 Å². The maximum Gasteiger partial charge on any atom is 0.132 e. The summed E-state index contributed by atoms with van der Waals surface area (Å²) in [6.45, 7) is 0.661. The van der Waals surface area contributed by atoms with Crippen LogP contribution in [0.1, 0.15) is 5.69 Å². The fourth-order valence-electron chi connectivity index (χ4n) is 1.99. The molecule has 0 atom stereocenters. The Morgan fingerprint density at radius 3 is 2.82 bits per heavy atom. The van der Waals surface area contributed by atoms with Crippen molar-refractivity contribution in [3.63, 3.8) is 0 Å². The van der Waals surface area contributed by atoms with Crippen LogP contribution in [0, 0.1) is 5.82 Å². The molecule has 3 aromatic rings. The van der Waals surface area contributed by atoms with Gasteiger partial charge in [0.1, 0.15) is 5.82 Å². The highest BCUT2D eigenvalue weighted by Gasteiger charge is 2.05. The Hall–Kier alpha value is -2.16. The van der Waals surface area contributed by atoms with Gasteiger partial charge in [0, 0.05) is 17.8 Å². The Morgan fingerprint density at radius 1 is 1.06 bits per heavy atom. The first-order valence-electron chi connectivity index (χ1n) is 5.48. The Bertz CT molecular complexity index is 644. The molecule has 0 fully saturated rings. The zero-order chi connectivity index (χ0) is 11.7. The zero-order valence-electron chi connectivity index (χ0n) is 9.18. The van der Waals surface area contributed by atoms with Gasteiger partial charge in [0.25, 0.3) is 0 Å². The normalized spacial score (nSPS) is 10.9. The van der Waals surface area contributed by atoms with Crippen molar-refractivity contribution in [1.29, 1.82) is 0 Å². The van der Waals surface area contributed by atoms with Gasteiger partial charge in [0.15, 0.2) is 0 Å². The molecule has 0 amide bonds. The van der Waals surface area contributed by atoms with Crippen LogP contribution >= 0.6 is 0 Å². The zero-order valence-corrected chi connectivity index (χ0v) is 9.18. The van der Waals surface area contributed by atoms with E-state index >= 15 is 0 Å². The molecule has 0 unspecified atom stereocenters. The van der Waals surface area contributed by atoms with Gasteiger partial charge in [-0.15, -0.1) is 0 Å². The SMILES string of the molecule is Fc1cccc2c1ccn2Cc1ccccn1. The van der Waals surface area contributed by atoms with Crippen LogP contribution in [0.5, 0.6) is 0 Å². The standard InChI is InChI=1S/C14H11FN2/c15-13-5-3-6-14-12(13)7-9-17(14)10-11-4-1-2-8-16-11/h1-9H,10H2. The highest BCUT2D eigenvalue weighted by Crippen LogP contribution is 2.19. The van der Waals surface area contributed by atoms with E-state index in [-0.39, 0.29) is 5.82 Å². The second kappa shape index (κ2) is 4.01. The number of hydrogen-bond acceptors (Lipinski definition) is 1. The highest BCUT2D eigenvalue weighted by molar-refractivity contribution is 5.80. The predicted molar refractivity (Wildman–Crippen MR) is 65.2 cm³/mol. The van der Waals surface area contributed by atoms with Crippen molar-refractivity contribution in [2.45, 2.75) is 6.54 Å². The van der Waals surface area contributed by atoms with Gasteiger partial charge in [-0.25, -0.2) is 4.39 Å². The molecule has 1 aromatic carbocycles. The smallest absolute Gasteiger partial charge is 0.132 e. The maximum atomic E-state index is 13.5. The minimum absolute atomic E-state index is 0.178. The van der Waals surface area contributed by atoms with E-state index in [9.17, 15) is 4.39 Å². The first-order valence-corrected chi connectivity index (χ1v) is 5.48. The van der Waals surface area contributed by atoms with Crippen molar-refractivity contribution >= 4 is 10.9 Å². The van der Waals surface area contributed by atoms with E-state index < -0.39 is 0 Å². The third kappa shape index (κ3) is 1.80. The van der Waals surface area contributed by atoms with Crippen molar-refractivity contribution in [3.8, 4) is 0 Å². The monoisotopic (exact) mass is 226 g/mol. The molecule has 17 heavy (non-hydrogen) atoms. The lowest BCUT2D eigenvalue weighted by molar-refractivity contribution is 0.639. The van der Waals surface area contributed by atoms with Crippen molar-refractivity contribution in [3.05, 3.63) is 66.4 Å². The summed E-state index contributed by atoms with van der Waals surface area (Å²) in [6.07, 6.45) is 3.66. The van der Waals surface area contributed by atoms with Crippen molar-refractivity contribution in [2.75, 3.05) is 0 Å². The van der Waals surface area contributed by atoms with Gasteiger partial charge in [-0.05, 0) is 30.3 Å². The molecule has 0 bridgehead atoms. The van der Waals surface area contributed by atoms with Gasteiger partial charge in [-0.1, -0.05) is 12.1 Å². The van der Waals surface area contributed by atoms with Gasteiger partial charge in [-0.2, -0.15) is 0 Å². The van der Waals surface area contributed by atoms with Crippen LogP contribution in [0.3, 0.4) is 0 Å². The van der Waals surface area contributed by atoms with Crippen LogP contribution in [0.4, 0.5) is 4.39 Å². The van der Waals surface area contributed by atoms with E-state index in [0.29, 0.717) is 11.9 Å². The first-order chi connectivity index (χ1) is 8.34. The third-order valence-electron chi connectivity index (χ3n) is 2.82. The number of rotatable bonds is 2. The number of aromatic nitrogens is 2. The lowest BCUT2D eigenvalue weighted by Crippen LogP contribution is -1.99. The van der Waals surface area contributed by atoms with E-state index in [0.717, 1.165) is 11.2 Å². The number of pyridine rings is 1. The maximum absolute atomic E-state index is 13.5. The molecule has 0 N–H and O–H groups in total. The Balaban J connectivity index is 2.05. The summed E-state index contributed by atoms with van der Waals surface area (Å²) in [6, 6.07) is 12.7. The molecular weight excluding hydrogens is 215 g/mol. The van der Waals surface area contributed by atoms with Crippen LogP contribution in [0.2, 0.25) is 0 Å². The molecule has 0 spiro atoms. The molecule has 0 aliphatic carbocycles.